The Hall–Kier alpha value is -1.59. The lowest BCUT2D eigenvalue weighted by atomic mass is 9.82. The Balaban J connectivity index is 1.96. The normalized spacial score (nSPS) is 28.7. The van der Waals surface area contributed by atoms with E-state index in [2.05, 4.69) is 117 Å². The third kappa shape index (κ3) is 5.67. The van der Waals surface area contributed by atoms with E-state index < -0.39 is 40.8 Å². The molecule has 2 aromatic carbocycles. The number of hydrogen-bond acceptors (Lipinski definition) is 5. The summed E-state index contributed by atoms with van der Waals surface area (Å²) in [6.45, 7) is 28.6. The van der Waals surface area contributed by atoms with Crippen LogP contribution < -0.4 is 10.4 Å². The van der Waals surface area contributed by atoms with Crippen LogP contribution in [0.1, 0.15) is 82.6 Å². The molecule has 0 aromatic heterocycles. The third-order valence-corrected chi connectivity index (χ3v) is 19.3. The van der Waals surface area contributed by atoms with Gasteiger partial charge in [-0.2, -0.15) is 0 Å². The molecule has 2 fully saturated rings. The molecule has 0 unspecified atom stereocenters. The predicted molar refractivity (Wildman–Crippen MR) is 177 cm³/mol. The van der Waals surface area contributed by atoms with E-state index in [1.807, 2.05) is 26.0 Å². The second-order valence-corrected chi connectivity index (χ2v) is 24.8. The van der Waals surface area contributed by atoms with Gasteiger partial charge in [0.25, 0.3) is 8.32 Å². The molecule has 2 heterocycles. The Morgan fingerprint density at radius 1 is 0.929 bits per heavy atom. The van der Waals surface area contributed by atoms with Crippen LogP contribution in [0.2, 0.25) is 15.1 Å². The maximum atomic E-state index is 12.4. The molecule has 42 heavy (non-hydrogen) atoms. The van der Waals surface area contributed by atoms with Gasteiger partial charge in [0, 0.05) is 10.1 Å². The van der Waals surface area contributed by atoms with Gasteiger partial charge < -0.3 is 23.1 Å². The van der Waals surface area contributed by atoms with Crippen LogP contribution in [-0.2, 0) is 18.0 Å². The molecular weight excluding hydrogens is 557 g/mol. The fourth-order valence-corrected chi connectivity index (χ4v) is 17.2. The highest BCUT2D eigenvalue weighted by Crippen LogP contribution is 2.56. The molecule has 0 aliphatic carbocycles. The van der Waals surface area contributed by atoms with Crippen LogP contribution >= 0.6 is 0 Å². The van der Waals surface area contributed by atoms with Gasteiger partial charge in [0.1, 0.15) is 24.4 Å². The van der Waals surface area contributed by atoms with Crippen molar-refractivity contribution in [1.29, 1.82) is 0 Å². The highest BCUT2D eigenvalue weighted by Gasteiger charge is 2.67. The van der Waals surface area contributed by atoms with Crippen LogP contribution in [0, 0.1) is 0 Å². The summed E-state index contributed by atoms with van der Waals surface area (Å²) in [6, 6.07) is 21.2. The van der Waals surface area contributed by atoms with E-state index in [0.717, 1.165) is 5.57 Å². The van der Waals surface area contributed by atoms with E-state index in [1.165, 1.54) is 10.4 Å². The summed E-state index contributed by atoms with van der Waals surface area (Å²) in [4.78, 5) is 0. The number of benzene rings is 2. The van der Waals surface area contributed by atoms with E-state index in [9.17, 15) is 5.11 Å². The van der Waals surface area contributed by atoms with Crippen molar-refractivity contribution in [2.45, 2.75) is 128 Å². The van der Waals surface area contributed by atoms with E-state index >= 15 is 0 Å². The van der Waals surface area contributed by atoms with Gasteiger partial charge in [0.2, 0.25) is 0 Å². The number of hydrogen-bond donors (Lipinski definition) is 1. The standard InChI is InChI=1S/C35H54O5Si2/c1-25(2)23-35(12)31(36)30(29-28(38-35)24-37-42(40-29,33(6,7)8)34(9,10)11)39-41(32(3,4)5,26-19-15-13-16-20-26)27-21-17-14-18-22-27/h13-22,28-31,36H,1,23-24H2,2-12H3/t28-,29-,30+,31-,35+/m1/s1. The molecule has 5 atom stereocenters. The Labute approximate surface area is 257 Å². The summed E-state index contributed by atoms with van der Waals surface area (Å²) >= 11 is 0. The predicted octanol–water partition coefficient (Wildman–Crippen LogP) is 6.87. The van der Waals surface area contributed by atoms with Crippen LogP contribution in [-0.4, -0.2) is 58.6 Å². The van der Waals surface area contributed by atoms with Crippen molar-refractivity contribution in [3.63, 3.8) is 0 Å². The van der Waals surface area contributed by atoms with Crippen LogP contribution in [0.3, 0.4) is 0 Å². The second-order valence-electron chi connectivity index (χ2n) is 15.8. The fraction of sp³-hybridized carbons (Fsp3) is 0.600. The van der Waals surface area contributed by atoms with E-state index in [-0.39, 0.29) is 21.2 Å². The smallest absolute Gasteiger partial charge is 0.349 e. The maximum absolute atomic E-state index is 12.4. The van der Waals surface area contributed by atoms with Gasteiger partial charge in [-0.25, -0.2) is 0 Å². The first-order valence-electron chi connectivity index (χ1n) is 15.4. The lowest BCUT2D eigenvalue weighted by Crippen LogP contribution is -2.77. The molecule has 0 saturated carbocycles. The number of ether oxygens (including phenoxy) is 1. The van der Waals surface area contributed by atoms with Crippen LogP contribution in [0.15, 0.2) is 72.8 Å². The van der Waals surface area contributed by atoms with Crippen molar-refractivity contribution in [2.24, 2.45) is 0 Å². The van der Waals surface area contributed by atoms with E-state index in [4.69, 9.17) is 18.0 Å². The summed E-state index contributed by atoms with van der Waals surface area (Å²) < 4.78 is 28.7. The van der Waals surface area contributed by atoms with Crippen LogP contribution in [0.5, 0.6) is 0 Å². The summed E-state index contributed by atoms with van der Waals surface area (Å²) in [5, 5.41) is 14.0. The minimum absolute atomic E-state index is 0.221. The number of aliphatic hydroxyl groups excluding tert-OH is 1. The molecule has 232 valence electrons. The monoisotopic (exact) mass is 610 g/mol. The zero-order valence-electron chi connectivity index (χ0n) is 27.8. The van der Waals surface area contributed by atoms with Crippen LogP contribution in [0.4, 0.5) is 0 Å². The molecule has 2 aliphatic heterocycles. The number of aliphatic hydroxyl groups is 1. The summed E-state index contributed by atoms with van der Waals surface area (Å²) in [7, 11) is -5.94. The van der Waals surface area contributed by atoms with E-state index in [1.54, 1.807) is 0 Å². The Kier molecular flexibility index (Phi) is 9.04. The minimum Gasteiger partial charge on any atom is -0.399 e. The molecule has 1 N–H and O–H groups in total. The first-order valence-corrected chi connectivity index (χ1v) is 19.1. The zero-order valence-corrected chi connectivity index (χ0v) is 29.8. The maximum Gasteiger partial charge on any atom is 0.349 e. The molecule has 0 spiro atoms. The van der Waals surface area contributed by atoms with Crippen molar-refractivity contribution in [2.75, 3.05) is 6.61 Å². The van der Waals surface area contributed by atoms with Crippen molar-refractivity contribution in [3.8, 4) is 0 Å². The Morgan fingerprint density at radius 2 is 1.40 bits per heavy atom. The van der Waals surface area contributed by atoms with Crippen molar-refractivity contribution in [1.82, 2.24) is 0 Å². The zero-order chi connectivity index (χ0) is 31.4. The van der Waals surface area contributed by atoms with Gasteiger partial charge in [-0.05, 0) is 35.7 Å². The minimum atomic E-state index is -3.04. The van der Waals surface area contributed by atoms with Crippen molar-refractivity contribution < 1.29 is 23.1 Å². The van der Waals surface area contributed by atoms with Crippen LogP contribution in [0.25, 0.3) is 0 Å². The molecular formula is C35H54O5Si2. The third-order valence-electron chi connectivity index (χ3n) is 9.16. The van der Waals surface area contributed by atoms with Crippen molar-refractivity contribution >= 4 is 27.3 Å². The molecule has 4 rings (SSSR count). The quantitative estimate of drug-likeness (QED) is 0.286. The summed E-state index contributed by atoms with van der Waals surface area (Å²) in [5.41, 5.74) is 0.0471. The Bertz CT molecular complexity index is 1170. The molecule has 7 heteroatoms. The molecule has 2 aromatic rings. The molecule has 2 aliphatic rings. The largest absolute Gasteiger partial charge is 0.399 e. The molecule has 0 amide bonds. The average Bonchev–Trinajstić information content (AvgIpc) is 2.87. The Morgan fingerprint density at radius 3 is 1.81 bits per heavy atom. The van der Waals surface area contributed by atoms with E-state index in [0.29, 0.717) is 13.0 Å². The topological polar surface area (TPSA) is 57.2 Å². The summed E-state index contributed by atoms with van der Waals surface area (Å²) in [5.74, 6) is 0. The second kappa shape index (κ2) is 11.4. The molecule has 2 saturated heterocycles. The lowest BCUT2D eigenvalue weighted by molar-refractivity contribution is -0.275. The van der Waals surface area contributed by atoms with Gasteiger partial charge in [-0.15, -0.1) is 6.58 Å². The van der Waals surface area contributed by atoms with Gasteiger partial charge in [-0.1, -0.05) is 129 Å². The highest BCUT2D eigenvalue weighted by molar-refractivity contribution is 6.99. The van der Waals surface area contributed by atoms with Gasteiger partial charge in [0.15, 0.2) is 0 Å². The average molecular weight is 611 g/mol. The SMILES string of the molecule is C=C(C)C[C@]1(C)O[C@@H]2CO[Si](C(C)(C)C)(C(C)(C)C)O[C@H]2[C@H](O[Si](c2ccccc2)(c2ccccc2)C(C)(C)C)[C@H]1O. The van der Waals surface area contributed by atoms with Crippen molar-refractivity contribution in [3.05, 3.63) is 72.8 Å². The number of fused-ring (bicyclic) bond motifs is 1. The first kappa shape index (κ1) is 33.3. The number of rotatable bonds is 6. The fourth-order valence-electron chi connectivity index (χ4n) is 7.60. The molecule has 0 radical (unpaired) electrons. The molecule has 0 bridgehead atoms. The van der Waals surface area contributed by atoms with Gasteiger partial charge in [0.05, 0.1) is 12.2 Å². The van der Waals surface area contributed by atoms with Gasteiger partial charge in [-0.3, -0.25) is 0 Å². The van der Waals surface area contributed by atoms with Gasteiger partial charge >= 0.3 is 8.56 Å². The lowest BCUT2D eigenvalue weighted by Gasteiger charge is -2.61. The summed E-state index contributed by atoms with van der Waals surface area (Å²) in [6.07, 6.45) is -1.94. The molecule has 5 nitrogen and oxygen atoms in total. The first-order chi connectivity index (χ1) is 19.3. The highest BCUT2D eigenvalue weighted by atomic mass is 28.4.